The Morgan fingerprint density at radius 1 is 1.29 bits per heavy atom. The molecule has 2 heteroatoms. The van der Waals surface area contributed by atoms with Crippen LogP contribution >= 0.6 is 0 Å². The molecule has 0 amide bonds. The molecule has 40 valence electrons. The molecule has 0 nitrogen and oxygen atoms in total. The van der Waals surface area contributed by atoms with E-state index in [1.54, 1.807) is 0 Å². The molecule has 0 aromatic heterocycles. The molecule has 0 N–H and O–H groups in total. The van der Waals surface area contributed by atoms with Crippen LogP contribution in [0.3, 0.4) is 0 Å². The van der Waals surface area contributed by atoms with Gasteiger partial charge in [-0.05, 0) is 0 Å². The zero-order valence-electron chi connectivity index (χ0n) is 6.08. The van der Waals surface area contributed by atoms with Crippen molar-refractivity contribution in [3.05, 3.63) is 0 Å². The van der Waals surface area contributed by atoms with Crippen molar-refractivity contribution in [3.63, 3.8) is 0 Å². The van der Waals surface area contributed by atoms with Gasteiger partial charge in [0.05, 0.1) is 15.7 Å². The van der Waals surface area contributed by atoms with Crippen molar-refractivity contribution in [2.45, 2.75) is 26.0 Å². The number of rotatable bonds is 1. The molecule has 0 aromatic rings. The van der Waals surface area contributed by atoms with Gasteiger partial charge in [-0.25, -0.2) is 0 Å². The Balaban J connectivity index is 3.54. The minimum Gasteiger partial charge on any atom is -0.0850 e. The zero-order chi connectivity index (χ0) is 6.08. The van der Waals surface area contributed by atoms with Gasteiger partial charge in [0.2, 0.25) is 0 Å². The van der Waals surface area contributed by atoms with Gasteiger partial charge in [0.15, 0.2) is 0 Å². The molecule has 7 heavy (non-hydrogen) atoms. The van der Waals surface area contributed by atoms with Gasteiger partial charge in [-0.1, -0.05) is 31.9 Å². The lowest BCUT2D eigenvalue weighted by Crippen LogP contribution is -2.14. The molecule has 0 heterocycles. The molecule has 0 radical (unpaired) electrons. The monoisotopic (exact) mass is 96.1 g/mol. The van der Waals surface area contributed by atoms with Gasteiger partial charge in [0, 0.05) is 0 Å². The van der Waals surface area contributed by atoms with Crippen LogP contribution in [-0.4, -0.2) is 15.7 Å². The van der Waals surface area contributed by atoms with Crippen LogP contribution in [0.1, 0.15) is 20.8 Å². The van der Waals surface area contributed by atoms with Gasteiger partial charge < -0.3 is 0 Å². The second-order valence-electron chi connectivity index (χ2n) is 3.52. The minimum atomic E-state index is 0.500. The topological polar surface area (TPSA) is 0 Å². The van der Waals surface area contributed by atoms with Crippen molar-refractivity contribution < 1.29 is 0 Å². The van der Waals surface area contributed by atoms with Crippen molar-refractivity contribution in [3.8, 4) is 0 Å². The van der Waals surface area contributed by atoms with E-state index in [4.69, 9.17) is 0 Å². The first-order valence-corrected chi connectivity index (χ1v) is 2.94. The third-order valence-electron chi connectivity index (χ3n) is 1.73. The largest absolute Gasteiger partial charge is 0.0991 e. The van der Waals surface area contributed by atoms with Crippen LogP contribution < -0.4 is 0 Å². The van der Waals surface area contributed by atoms with E-state index in [-0.39, 0.29) is 0 Å². The zero-order valence-corrected chi connectivity index (χ0v) is 6.08. The van der Waals surface area contributed by atoms with Crippen molar-refractivity contribution in [1.29, 1.82) is 0 Å². The summed E-state index contributed by atoms with van der Waals surface area (Å²) in [5.41, 5.74) is 0. The maximum absolute atomic E-state index is 2.26. The Hall–Kier alpha value is 0.130. The highest BCUT2D eigenvalue weighted by Crippen LogP contribution is 2.24. The SMILES string of the molecule is BC(B)(C)C(C)C. The summed E-state index contributed by atoms with van der Waals surface area (Å²) >= 11 is 0. The van der Waals surface area contributed by atoms with Crippen LogP contribution in [0.5, 0.6) is 0 Å². The average molecular weight is 95.8 g/mol. The smallest absolute Gasteiger partial charge is 0.0850 e. The molecule has 0 rings (SSSR count). The summed E-state index contributed by atoms with van der Waals surface area (Å²) in [6, 6.07) is 0. The van der Waals surface area contributed by atoms with Crippen LogP contribution in [-0.2, 0) is 0 Å². The standard InChI is InChI=1S/C5H14B2/c1-4(2)5(3,6)7/h4H,6-7H2,1-3H3. The maximum atomic E-state index is 2.26. The molecule has 0 aliphatic heterocycles. The van der Waals surface area contributed by atoms with Crippen LogP contribution in [0.15, 0.2) is 0 Å². The second-order valence-corrected chi connectivity index (χ2v) is 3.52. The fourth-order valence-corrected chi connectivity index (χ4v) is 0. The molecule has 0 aromatic carbocycles. The van der Waals surface area contributed by atoms with E-state index in [0.717, 1.165) is 5.92 Å². The van der Waals surface area contributed by atoms with Crippen molar-refractivity contribution in [2.75, 3.05) is 0 Å². The van der Waals surface area contributed by atoms with Crippen LogP contribution in [0, 0.1) is 5.92 Å². The Kier molecular flexibility index (Phi) is 1.97. The predicted octanol–water partition coefficient (Wildman–Crippen LogP) is 0.0447. The molecule has 0 aliphatic carbocycles. The first-order valence-electron chi connectivity index (χ1n) is 2.94. The quantitative estimate of drug-likeness (QED) is 0.404. The van der Waals surface area contributed by atoms with Gasteiger partial charge in [-0.15, -0.1) is 0 Å². The number of hydrogen-bond acceptors (Lipinski definition) is 0. The lowest BCUT2D eigenvalue weighted by Gasteiger charge is -2.22. The van der Waals surface area contributed by atoms with E-state index in [2.05, 4.69) is 36.5 Å². The summed E-state index contributed by atoms with van der Waals surface area (Å²) < 4.78 is 0. The van der Waals surface area contributed by atoms with E-state index in [9.17, 15) is 0 Å². The summed E-state index contributed by atoms with van der Waals surface area (Å²) in [6.45, 7) is 6.76. The van der Waals surface area contributed by atoms with Gasteiger partial charge in [0.1, 0.15) is 0 Å². The minimum absolute atomic E-state index is 0.500. The summed E-state index contributed by atoms with van der Waals surface area (Å²) in [6.07, 6.45) is 0. The molecule has 0 unspecified atom stereocenters. The van der Waals surface area contributed by atoms with E-state index in [1.807, 2.05) is 0 Å². The highest BCUT2D eigenvalue weighted by Gasteiger charge is 2.14. The Bertz CT molecular complexity index is 51.6. The summed E-state index contributed by atoms with van der Waals surface area (Å²) in [5, 5.41) is 0.500. The molecular weight excluding hydrogens is 81.7 g/mol. The van der Waals surface area contributed by atoms with Crippen LogP contribution in [0.4, 0.5) is 0 Å². The van der Waals surface area contributed by atoms with E-state index < -0.39 is 0 Å². The number of hydrogen-bond donors (Lipinski definition) is 0. The van der Waals surface area contributed by atoms with Crippen molar-refractivity contribution >= 4 is 15.7 Å². The molecule has 0 aliphatic rings. The lowest BCUT2D eigenvalue weighted by molar-refractivity contribution is 0.575. The molecule has 0 saturated heterocycles. The Morgan fingerprint density at radius 2 is 1.43 bits per heavy atom. The predicted molar refractivity (Wildman–Crippen MR) is 40.3 cm³/mol. The maximum Gasteiger partial charge on any atom is 0.0991 e. The van der Waals surface area contributed by atoms with E-state index in [0.29, 0.717) is 5.21 Å². The van der Waals surface area contributed by atoms with Gasteiger partial charge in [-0.3, -0.25) is 0 Å². The van der Waals surface area contributed by atoms with Gasteiger partial charge in [-0.2, -0.15) is 0 Å². The molecular formula is C5H14B2. The molecule has 0 bridgehead atoms. The lowest BCUT2D eigenvalue weighted by atomic mass is 9.50. The highest BCUT2D eigenvalue weighted by molar-refractivity contribution is 6.39. The first-order chi connectivity index (χ1) is 2.94. The van der Waals surface area contributed by atoms with Crippen molar-refractivity contribution in [1.82, 2.24) is 0 Å². The Morgan fingerprint density at radius 3 is 1.43 bits per heavy atom. The summed E-state index contributed by atoms with van der Waals surface area (Å²) in [7, 11) is 4.52. The summed E-state index contributed by atoms with van der Waals surface area (Å²) in [4.78, 5) is 0. The first kappa shape index (κ1) is 7.13. The average Bonchev–Trinajstić information content (AvgIpc) is 1.31. The molecule has 0 spiro atoms. The third-order valence-corrected chi connectivity index (χ3v) is 1.73. The van der Waals surface area contributed by atoms with Crippen molar-refractivity contribution in [2.24, 2.45) is 5.92 Å². The normalized spacial score (nSPS) is 12.6. The van der Waals surface area contributed by atoms with Gasteiger partial charge >= 0.3 is 0 Å². The third kappa shape index (κ3) is 2.78. The molecule has 0 saturated carbocycles. The van der Waals surface area contributed by atoms with Crippen LogP contribution in [0.2, 0.25) is 5.21 Å². The highest BCUT2D eigenvalue weighted by atomic mass is 14.1. The molecule has 0 atom stereocenters. The summed E-state index contributed by atoms with van der Waals surface area (Å²) in [5.74, 6) is 0.799. The Labute approximate surface area is 48.5 Å². The fraction of sp³-hybridized carbons (Fsp3) is 1.00. The van der Waals surface area contributed by atoms with E-state index in [1.165, 1.54) is 0 Å². The van der Waals surface area contributed by atoms with E-state index >= 15 is 0 Å². The second kappa shape index (κ2) is 1.94. The fourth-order valence-electron chi connectivity index (χ4n) is 0. The van der Waals surface area contributed by atoms with Crippen LogP contribution in [0.25, 0.3) is 0 Å². The van der Waals surface area contributed by atoms with Gasteiger partial charge in [0.25, 0.3) is 0 Å². The molecule has 0 fully saturated rings.